The highest BCUT2D eigenvalue weighted by molar-refractivity contribution is 6.31. The highest BCUT2D eigenvalue weighted by Crippen LogP contribution is 2.31. The van der Waals surface area contributed by atoms with Crippen molar-refractivity contribution < 1.29 is 14.6 Å². The van der Waals surface area contributed by atoms with Crippen LogP contribution in [0, 0.1) is 5.92 Å². The average Bonchev–Trinajstić information content (AvgIpc) is 2.65. The van der Waals surface area contributed by atoms with Crippen molar-refractivity contribution in [3.8, 4) is 17.0 Å². The number of hydrogen-bond donors (Lipinski definition) is 2. The highest BCUT2D eigenvalue weighted by Gasteiger charge is 2.29. The molecule has 0 saturated carbocycles. The molecule has 0 aliphatic rings. The van der Waals surface area contributed by atoms with Gasteiger partial charge in [0.1, 0.15) is 6.61 Å². The summed E-state index contributed by atoms with van der Waals surface area (Å²) in [6.45, 7) is 6.03. The molecule has 1 unspecified atom stereocenters. The number of halogens is 1. The van der Waals surface area contributed by atoms with E-state index in [0.29, 0.717) is 18.1 Å². The minimum absolute atomic E-state index is 0.149. The normalized spacial score (nSPS) is 13.3. The number of rotatable bonds is 7. The summed E-state index contributed by atoms with van der Waals surface area (Å²) in [7, 11) is 0. The minimum Gasteiger partial charge on any atom is -0.488 e. The summed E-state index contributed by atoms with van der Waals surface area (Å²) in [5, 5.41) is 12.9. The zero-order chi connectivity index (χ0) is 21.0. The van der Waals surface area contributed by atoms with Gasteiger partial charge in [-0.25, -0.2) is 9.78 Å². The molecule has 1 aromatic carbocycles. The van der Waals surface area contributed by atoms with Gasteiger partial charge >= 0.3 is 6.09 Å². The summed E-state index contributed by atoms with van der Waals surface area (Å²) in [5.41, 5.74) is 1.80. The molecule has 1 amide bonds. The van der Waals surface area contributed by atoms with Crippen molar-refractivity contribution in [2.45, 2.75) is 32.7 Å². The van der Waals surface area contributed by atoms with Gasteiger partial charge < -0.3 is 15.2 Å². The van der Waals surface area contributed by atoms with Gasteiger partial charge in [-0.1, -0.05) is 43.6 Å². The molecule has 3 aromatic rings. The smallest absolute Gasteiger partial charge is 0.405 e. The van der Waals surface area contributed by atoms with Gasteiger partial charge in [-0.2, -0.15) is 0 Å². The highest BCUT2D eigenvalue weighted by atomic mass is 35.5. The van der Waals surface area contributed by atoms with E-state index < -0.39 is 11.6 Å². The van der Waals surface area contributed by atoms with Gasteiger partial charge in [0.05, 0.1) is 16.7 Å². The van der Waals surface area contributed by atoms with E-state index in [1.807, 2.05) is 57.2 Å². The first-order valence-electron chi connectivity index (χ1n) is 9.42. The van der Waals surface area contributed by atoms with Crippen LogP contribution < -0.4 is 10.1 Å². The molecular weight excluding hydrogens is 390 g/mol. The Morgan fingerprint density at radius 1 is 1.24 bits per heavy atom. The maximum Gasteiger partial charge on any atom is 0.405 e. The minimum atomic E-state index is -1.08. The number of para-hydroxylation sites is 1. The van der Waals surface area contributed by atoms with Crippen molar-refractivity contribution in [3.63, 3.8) is 0 Å². The fraction of sp³-hybridized carbons (Fsp3) is 0.318. The molecule has 2 aromatic heterocycles. The zero-order valence-corrected chi connectivity index (χ0v) is 17.4. The summed E-state index contributed by atoms with van der Waals surface area (Å²) < 4.78 is 5.85. The van der Waals surface area contributed by atoms with Crippen LogP contribution in [0.5, 0.6) is 5.75 Å². The van der Waals surface area contributed by atoms with E-state index in [2.05, 4.69) is 15.3 Å². The molecule has 2 N–H and O–H groups in total. The lowest BCUT2D eigenvalue weighted by atomic mass is 9.91. The SMILES string of the molecule is CC(C)CC(C)(COc1ccc(-c2ccnc3ccccc23)nc1Cl)NC(=O)O. The Balaban J connectivity index is 1.83. The van der Waals surface area contributed by atoms with Gasteiger partial charge in [-0.3, -0.25) is 4.98 Å². The van der Waals surface area contributed by atoms with E-state index in [1.54, 1.807) is 12.3 Å². The number of fused-ring (bicyclic) bond motifs is 1. The average molecular weight is 414 g/mol. The molecule has 152 valence electrons. The van der Waals surface area contributed by atoms with E-state index in [-0.39, 0.29) is 11.8 Å². The third-order valence-corrected chi connectivity index (χ3v) is 4.82. The number of benzene rings is 1. The number of aromatic nitrogens is 2. The molecule has 0 aliphatic carbocycles. The Bertz CT molecular complexity index is 1020. The first-order valence-corrected chi connectivity index (χ1v) is 9.80. The molecule has 0 bridgehead atoms. The van der Waals surface area contributed by atoms with E-state index >= 15 is 0 Å². The molecule has 7 heteroatoms. The first-order chi connectivity index (χ1) is 13.8. The number of hydrogen-bond acceptors (Lipinski definition) is 4. The fourth-order valence-corrected chi connectivity index (χ4v) is 3.75. The Hall–Kier alpha value is -2.86. The molecule has 3 rings (SSSR count). The summed E-state index contributed by atoms with van der Waals surface area (Å²) in [4.78, 5) is 20.0. The van der Waals surface area contributed by atoms with Crippen LogP contribution in [0.1, 0.15) is 27.2 Å². The van der Waals surface area contributed by atoms with Crippen molar-refractivity contribution in [3.05, 3.63) is 53.8 Å². The summed E-state index contributed by atoms with van der Waals surface area (Å²) >= 11 is 6.38. The van der Waals surface area contributed by atoms with E-state index in [1.165, 1.54) is 0 Å². The molecule has 2 heterocycles. The number of carboxylic acid groups (broad SMARTS) is 1. The summed E-state index contributed by atoms with van der Waals surface area (Å²) in [6.07, 6.45) is 1.29. The first kappa shape index (κ1) is 20.9. The summed E-state index contributed by atoms with van der Waals surface area (Å²) in [6, 6.07) is 13.3. The summed E-state index contributed by atoms with van der Waals surface area (Å²) in [5.74, 6) is 0.711. The topological polar surface area (TPSA) is 84.3 Å². The number of nitrogens with zero attached hydrogens (tertiary/aromatic N) is 2. The van der Waals surface area contributed by atoms with Crippen LogP contribution in [-0.2, 0) is 0 Å². The molecule has 0 radical (unpaired) electrons. The van der Waals surface area contributed by atoms with Crippen LogP contribution in [0.4, 0.5) is 4.79 Å². The number of carbonyl (C=O) groups is 1. The van der Waals surface area contributed by atoms with Gasteiger partial charge in [0.25, 0.3) is 0 Å². The van der Waals surface area contributed by atoms with Crippen LogP contribution in [0.15, 0.2) is 48.7 Å². The standard InChI is InChI=1S/C22H24ClN3O3/c1-14(2)12-22(3,26-21(27)28)13-29-19-9-8-18(25-20(19)23)16-10-11-24-17-7-5-4-6-15(16)17/h4-11,14,26H,12-13H2,1-3H3,(H,27,28). The third-order valence-electron chi connectivity index (χ3n) is 4.55. The maximum absolute atomic E-state index is 11.2. The second kappa shape index (κ2) is 8.66. The number of amides is 1. The molecule has 1 atom stereocenters. The lowest BCUT2D eigenvalue weighted by Crippen LogP contribution is -2.50. The van der Waals surface area contributed by atoms with Gasteiger partial charge in [0.15, 0.2) is 10.9 Å². The quantitative estimate of drug-likeness (QED) is 0.506. The number of pyridine rings is 2. The van der Waals surface area contributed by atoms with Crippen LogP contribution >= 0.6 is 11.6 Å². The van der Waals surface area contributed by atoms with Crippen LogP contribution in [0.25, 0.3) is 22.2 Å². The monoisotopic (exact) mass is 413 g/mol. The van der Waals surface area contributed by atoms with Gasteiger partial charge in [0, 0.05) is 17.1 Å². The molecule has 6 nitrogen and oxygen atoms in total. The lowest BCUT2D eigenvalue weighted by molar-refractivity contribution is 0.143. The van der Waals surface area contributed by atoms with Crippen molar-refractivity contribution in [2.75, 3.05) is 6.61 Å². The predicted molar refractivity (Wildman–Crippen MR) is 114 cm³/mol. The second-order valence-electron chi connectivity index (χ2n) is 7.74. The van der Waals surface area contributed by atoms with E-state index in [0.717, 1.165) is 22.2 Å². The fourth-order valence-electron chi connectivity index (χ4n) is 3.54. The Morgan fingerprint density at radius 2 is 2.00 bits per heavy atom. The molecule has 0 spiro atoms. The number of ether oxygens (including phenoxy) is 1. The molecular formula is C22H24ClN3O3. The predicted octanol–water partition coefficient (Wildman–Crippen LogP) is 5.40. The van der Waals surface area contributed by atoms with E-state index in [9.17, 15) is 4.79 Å². The molecule has 0 fully saturated rings. The third kappa shape index (κ3) is 5.15. The van der Waals surface area contributed by atoms with Crippen molar-refractivity contribution in [1.82, 2.24) is 15.3 Å². The van der Waals surface area contributed by atoms with Gasteiger partial charge in [0.2, 0.25) is 0 Å². The Morgan fingerprint density at radius 3 is 2.69 bits per heavy atom. The van der Waals surface area contributed by atoms with E-state index in [4.69, 9.17) is 21.4 Å². The van der Waals surface area contributed by atoms with Gasteiger partial charge in [-0.15, -0.1) is 0 Å². The number of nitrogens with one attached hydrogen (secondary N) is 1. The second-order valence-corrected chi connectivity index (χ2v) is 8.10. The largest absolute Gasteiger partial charge is 0.488 e. The van der Waals surface area contributed by atoms with Crippen molar-refractivity contribution in [2.24, 2.45) is 5.92 Å². The Kier molecular flexibility index (Phi) is 6.23. The zero-order valence-electron chi connectivity index (χ0n) is 16.6. The maximum atomic E-state index is 11.2. The van der Waals surface area contributed by atoms with Crippen LogP contribution in [0.3, 0.4) is 0 Å². The van der Waals surface area contributed by atoms with Crippen LogP contribution in [0.2, 0.25) is 5.15 Å². The van der Waals surface area contributed by atoms with Gasteiger partial charge in [-0.05, 0) is 43.5 Å². The molecule has 0 saturated heterocycles. The van der Waals surface area contributed by atoms with Crippen LogP contribution in [-0.4, -0.2) is 33.3 Å². The molecule has 0 aliphatic heterocycles. The van der Waals surface area contributed by atoms with Crippen molar-refractivity contribution in [1.29, 1.82) is 0 Å². The van der Waals surface area contributed by atoms with Crippen molar-refractivity contribution >= 4 is 28.6 Å². The lowest BCUT2D eigenvalue weighted by Gasteiger charge is -2.31. The Labute approximate surface area is 174 Å². The molecule has 29 heavy (non-hydrogen) atoms.